The molecule has 0 radical (unpaired) electrons. The number of methoxy groups -OCH3 is 2. The summed E-state index contributed by atoms with van der Waals surface area (Å²) in [6.45, 7) is 2.29. The molecule has 0 saturated heterocycles. The van der Waals surface area contributed by atoms with E-state index in [-0.39, 0.29) is 6.03 Å². The fourth-order valence-corrected chi connectivity index (χ4v) is 3.48. The Balaban J connectivity index is 1.72. The number of hydrogen-bond acceptors (Lipinski definition) is 3. The minimum atomic E-state index is -0.160. The molecule has 2 amide bonds. The van der Waals surface area contributed by atoms with E-state index in [9.17, 15) is 4.79 Å². The van der Waals surface area contributed by atoms with Crippen LogP contribution in [0.3, 0.4) is 0 Å². The maximum atomic E-state index is 13.0. The van der Waals surface area contributed by atoms with Gasteiger partial charge < -0.3 is 24.3 Å². The number of nitrogens with one attached hydrogen (secondary N) is 1. The number of benzene rings is 2. The largest absolute Gasteiger partial charge is 0.497 e. The summed E-state index contributed by atoms with van der Waals surface area (Å²) in [6, 6.07) is 18.9. The third kappa shape index (κ3) is 6.51. The van der Waals surface area contributed by atoms with Gasteiger partial charge in [0.15, 0.2) is 0 Å². The van der Waals surface area contributed by atoms with E-state index in [2.05, 4.69) is 9.88 Å². The van der Waals surface area contributed by atoms with Crippen LogP contribution in [0, 0.1) is 0 Å². The van der Waals surface area contributed by atoms with Crippen molar-refractivity contribution in [1.29, 1.82) is 0 Å². The number of halogens is 1. The summed E-state index contributed by atoms with van der Waals surface area (Å²) >= 11 is 6.34. The standard InChI is InChI=1S/C24H28ClN3O3/c1-30-16-6-15-28(24(29)26-20-10-12-22(31-2)13-11-20)18-21-8-5-14-27(21)17-19-7-3-4-9-23(19)25/h3-5,7-14H,6,15-18H2,1-2H3,(H,26,29). The fraction of sp³-hybridized carbons (Fsp3) is 0.292. The molecule has 0 aliphatic heterocycles. The predicted molar refractivity (Wildman–Crippen MR) is 124 cm³/mol. The molecular formula is C24H28ClN3O3. The van der Waals surface area contributed by atoms with Gasteiger partial charge >= 0.3 is 6.03 Å². The minimum absolute atomic E-state index is 0.160. The lowest BCUT2D eigenvalue weighted by Gasteiger charge is -2.24. The van der Waals surface area contributed by atoms with Crippen molar-refractivity contribution < 1.29 is 14.3 Å². The molecule has 3 aromatic rings. The number of ether oxygens (including phenoxy) is 2. The molecule has 1 aromatic heterocycles. The Morgan fingerprint density at radius 3 is 2.55 bits per heavy atom. The first-order valence-electron chi connectivity index (χ1n) is 10.2. The SMILES string of the molecule is COCCCN(Cc1cccn1Cc1ccccc1Cl)C(=O)Nc1ccc(OC)cc1. The van der Waals surface area contributed by atoms with Gasteiger partial charge in [-0.3, -0.25) is 0 Å². The van der Waals surface area contributed by atoms with Crippen molar-refractivity contribution >= 4 is 23.3 Å². The Labute approximate surface area is 188 Å². The highest BCUT2D eigenvalue weighted by Crippen LogP contribution is 2.19. The lowest BCUT2D eigenvalue weighted by atomic mass is 10.2. The molecule has 0 fully saturated rings. The zero-order valence-electron chi connectivity index (χ0n) is 17.9. The Bertz CT molecular complexity index is 972. The van der Waals surface area contributed by atoms with Gasteiger partial charge in [-0.1, -0.05) is 29.8 Å². The molecule has 164 valence electrons. The third-order valence-corrected chi connectivity index (χ3v) is 5.35. The predicted octanol–water partition coefficient (Wildman–Crippen LogP) is 5.27. The Hall–Kier alpha value is -2.96. The zero-order valence-corrected chi connectivity index (χ0v) is 18.6. The van der Waals surface area contributed by atoms with Gasteiger partial charge in [0.1, 0.15) is 5.75 Å². The molecule has 31 heavy (non-hydrogen) atoms. The summed E-state index contributed by atoms with van der Waals surface area (Å²) in [7, 11) is 3.28. The van der Waals surface area contributed by atoms with E-state index in [4.69, 9.17) is 21.1 Å². The second kappa shape index (κ2) is 11.4. The number of aromatic nitrogens is 1. The molecule has 0 saturated carbocycles. The van der Waals surface area contributed by atoms with Gasteiger partial charge in [0.05, 0.1) is 13.7 Å². The second-order valence-corrected chi connectivity index (χ2v) is 7.55. The monoisotopic (exact) mass is 441 g/mol. The number of carbonyl (C=O) groups is 1. The Kier molecular flexibility index (Phi) is 8.38. The third-order valence-electron chi connectivity index (χ3n) is 4.98. The van der Waals surface area contributed by atoms with Gasteiger partial charge in [-0.25, -0.2) is 4.79 Å². The van der Waals surface area contributed by atoms with Crippen molar-refractivity contribution in [1.82, 2.24) is 9.47 Å². The highest BCUT2D eigenvalue weighted by molar-refractivity contribution is 6.31. The molecule has 0 unspecified atom stereocenters. The van der Waals surface area contributed by atoms with Crippen LogP contribution in [0.2, 0.25) is 5.02 Å². The van der Waals surface area contributed by atoms with E-state index in [0.29, 0.717) is 31.9 Å². The number of amides is 2. The smallest absolute Gasteiger partial charge is 0.322 e. The van der Waals surface area contributed by atoms with Crippen molar-refractivity contribution in [3.8, 4) is 5.75 Å². The van der Waals surface area contributed by atoms with Crippen molar-refractivity contribution in [3.05, 3.63) is 83.1 Å². The summed E-state index contributed by atoms with van der Waals surface area (Å²) in [5, 5.41) is 3.70. The maximum Gasteiger partial charge on any atom is 0.322 e. The van der Waals surface area contributed by atoms with Crippen molar-refractivity contribution in [2.75, 3.05) is 32.7 Å². The van der Waals surface area contributed by atoms with Crippen LogP contribution in [0.15, 0.2) is 66.9 Å². The summed E-state index contributed by atoms with van der Waals surface area (Å²) in [5.74, 6) is 0.743. The molecule has 3 rings (SSSR count). The van der Waals surface area contributed by atoms with E-state index in [0.717, 1.165) is 28.5 Å². The number of nitrogens with zero attached hydrogens (tertiary/aromatic N) is 2. The highest BCUT2D eigenvalue weighted by atomic mass is 35.5. The number of hydrogen-bond donors (Lipinski definition) is 1. The number of carbonyl (C=O) groups excluding carboxylic acids is 1. The molecule has 7 heteroatoms. The van der Waals surface area contributed by atoms with Gasteiger partial charge in [0.2, 0.25) is 0 Å². The first-order chi connectivity index (χ1) is 15.1. The van der Waals surface area contributed by atoms with Crippen molar-refractivity contribution in [2.24, 2.45) is 0 Å². The fourth-order valence-electron chi connectivity index (χ4n) is 3.28. The lowest BCUT2D eigenvalue weighted by Crippen LogP contribution is -2.36. The summed E-state index contributed by atoms with van der Waals surface area (Å²) in [6.07, 6.45) is 2.76. The van der Waals surface area contributed by atoms with Gasteiger partial charge in [-0.2, -0.15) is 0 Å². The van der Waals surface area contributed by atoms with Gasteiger partial charge in [0, 0.05) is 49.4 Å². The molecule has 1 N–H and O–H groups in total. The average molecular weight is 442 g/mol. The van der Waals surface area contributed by atoms with E-state index in [1.807, 2.05) is 66.9 Å². The van der Waals surface area contributed by atoms with E-state index < -0.39 is 0 Å². The van der Waals surface area contributed by atoms with Gasteiger partial charge in [0.25, 0.3) is 0 Å². The van der Waals surface area contributed by atoms with Crippen LogP contribution in [0.4, 0.5) is 10.5 Å². The van der Waals surface area contributed by atoms with E-state index >= 15 is 0 Å². The van der Waals surface area contributed by atoms with Crippen LogP contribution >= 0.6 is 11.6 Å². The molecule has 0 aliphatic rings. The van der Waals surface area contributed by atoms with Crippen LogP contribution in [-0.4, -0.2) is 42.9 Å². The summed E-state index contributed by atoms with van der Waals surface area (Å²) in [4.78, 5) is 14.8. The average Bonchev–Trinajstić information content (AvgIpc) is 3.22. The molecule has 1 heterocycles. The first-order valence-corrected chi connectivity index (χ1v) is 10.5. The molecule has 0 spiro atoms. The van der Waals surface area contributed by atoms with Crippen molar-refractivity contribution in [3.63, 3.8) is 0 Å². The van der Waals surface area contributed by atoms with Gasteiger partial charge in [-0.05, 0) is 54.4 Å². The topological polar surface area (TPSA) is 55.7 Å². The maximum absolute atomic E-state index is 13.0. The van der Waals surface area contributed by atoms with Crippen LogP contribution in [0.25, 0.3) is 0 Å². The molecule has 6 nitrogen and oxygen atoms in total. The molecule has 0 aliphatic carbocycles. The number of urea groups is 1. The second-order valence-electron chi connectivity index (χ2n) is 7.15. The first kappa shape index (κ1) is 22.7. The Morgan fingerprint density at radius 2 is 1.84 bits per heavy atom. The van der Waals surface area contributed by atoms with Crippen LogP contribution in [-0.2, 0) is 17.8 Å². The van der Waals surface area contributed by atoms with E-state index in [1.54, 1.807) is 19.1 Å². The zero-order chi connectivity index (χ0) is 22.1. The normalized spacial score (nSPS) is 10.7. The molecule has 0 atom stereocenters. The minimum Gasteiger partial charge on any atom is -0.497 e. The quantitative estimate of drug-likeness (QED) is 0.436. The van der Waals surface area contributed by atoms with E-state index in [1.165, 1.54) is 0 Å². The number of rotatable bonds is 10. The Morgan fingerprint density at radius 1 is 1.06 bits per heavy atom. The molecule has 2 aromatic carbocycles. The number of anilines is 1. The lowest BCUT2D eigenvalue weighted by molar-refractivity contribution is 0.171. The van der Waals surface area contributed by atoms with Crippen LogP contribution < -0.4 is 10.1 Å². The van der Waals surface area contributed by atoms with Crippen LogP contribution in [0.5, 0.6) is 5.75 Å². The summed E-state index contributed by atoms with van der Waals surface area (Å²) < 4.78 is 12.5. The van der Waals surface area contributed by atoms with Crippen molar-refractivity contribution in [2.45, 2.75) is 19.5 Å². The molecular weight excluding hydrogens is 414 g/mol. The highest BCUT2D eigenvalue weighted by Gasteiger charge is 2.16. The summed E-state index contributed by atoms with van der Waals surface area (Å²) in [5.41, 5.74) is 2.78. The molecule has 0 bridgehead atoms. The van der Waals surface area contributed by atoms with Crippen LogP contribution in [0.1, 0.15) is 17.7 Å². The van der Waals surface area contributed by atoms with Gasteiger partial charge in [-0.15, -0.1) is 0 Å².